The maximum atomic E-state index is 12.5. The molecule has 0 bridgehead atoms. The number of carbonyl (C=O) groups excluding carboxylic acids is 1. The second-order valence-corrected chi connectivity index (χ2v) is 7.42. The van der Waals surface area contributed by atoms with E-state index in [1.54, 1.807) is 30.7 Å². The summed E-state index contributed by atoms with van der Waals surface area (Å²) in [7, 11) is 0. The number of carbonyl (C=O) groups is 1. The molecule has 2 heterocycles. The Bertz CT molecular complexity index is 900. The molecule has 0 aliphatic heterocycles. The molecule has 3 aromatic rings. The minimum Gasteiger partial charge on any atom is -0.366 e. The van der Waals surface area contributed by atoms with Crippen molar-refractivity contribution in [2.75, 3.05) is 10.6 Å². The molecule has 138 valence electrons. The monoisotopic (exact) mass is 360 g/mol. The van der Waals surface area contributed by atoms with Gasteiger partial charge in [-0.1, -0.05) is 32.9 Å². The van der Waals surface area contributed by atoms with Gasteiger partial charge in [0.15, 0.2) is 0 Å². The molecule has 0 saturated carbocycles. The van der Waals surface area contributed by atoms with E-state index in [0.717, 1.165) is 11.3 Å². The number of hydrogen-bond acceptors (Lipinski definition) is 4. The highest BCUT2D eigenvalue weighted by Crippen LogP contribution is 2.23. The van der Waals surface area contributed by atoms with Gasteiger partial charge in [-0.05, 0) is 52.9 Å². The number of hydrogen-bond donors (Lipinski definition) is 2. The highest BCUT2D eigenvalue weighted by molar-refractivity contribution is 6.04. The molecule has 0 fully saturated rings. The third-order valence-corrected chi connectivity index (χ3v) is 4.25. The molecule has 0 saturated heterocycles. The predicted molar refractivity (Wildman–Crippen MR) is 109 cm³/mol. The van der Waals surface area contributed by atoms with Crippen LogP contribution in [0.15, 0.2) is 67.1 Å². The number of pyridine rings is 2. The smallest absolute Gasteiger partial charge is 0.255 e. The van der Waals surface area contributed by atoms with Crippen molar-refractivity contribution >= 4 is 17.4 Å². The molecule has 1 amide bonds. The summed E-state index contributed by atoms with van der Waals surface area (Å²) in [6, 6.07) is 15.3. The normalized spacial score (nSPS) is 11.1. The van der Waals surface area contributed by atoms with E-state index in [9.17, 15) is 4.79 Å². The van der Waals surface area contributed by atoms with Gasteiger partial charge < -0.3 is 10.6 Å². The molecule has 0 radical (unpaired) electrons. The van der Waals surface area contributed by atoms with E-state index in [4.69, 9.17) is 0 Å². The van der Waals surface area contributed by atoms with Crippen molar-refractivity contribution < 1.29 is 4.79 Å². The van der Waals surface area contributed by atoms with E-state index in [2.05, 4.69) is 41.4 Å². The Morgan fingerprint density at radius 3 is 2.33 bits per heavy atom. The zero-order chi connectivity index (χ0) is 19.3. The number of anilines is 2. The van der Waals surface area contributed by atoms with Gasteiger partial charge in [0.2, 0.25) is 0 Å². The summed E-state index contributed by atoms with van der Waals surface area (Å²) in [5, 5.41) is 6.16. The lowest BCUT2D eigenvalue weighted by Crippen LogP contribution is -2.14. The minimum atomic E-state index is -0.159. The van der Waals surface area contributed by atoms with Crippen LogP contribution in [0.1, 0.15) is 42.3 Å². The van der Waals surface area contributed by atoms with E-state index in [-0.39, 0.29) is 11.3 Å². The Morgan fingerprint density at radius 2 is 1.67 bits per heavy atom. The number of nitrogens with one attached hydrogen (secondary N) is 2. The van der Waals surface area contributed by atoms with Gasteiger partial charge in [-0.2, -0.15) is 0 Å². The molecule has 0 spiro atoms. The van der Waals surface area contributed by atoms with Gasteiger partial charge >= 0.3 is 0 Å². The van der Waals surface area contributed by atoms with Crippen molar-refractivity contribution in [2.24, 2.45) is 0 Å². The maximum Gasteiger partial charge on any atom is 0.255 e. The second kappa shape index (κ2) is 7.99. The first-order chi connectivity index (χ1) is 12.9. The lowest BCUT2D eigenvalue weighted by Gasteiger charge is -2.19. The molecular weight excluding hydrogens is 336 g/mol. The van der Waals surface area contributed by atoms with Gasteiger partial charge in [0.25, 0.3) is 5.91 Å². The van der Waals surface area contributed by atoms with Crippen LogP contribution in [0.2, 0.25) is 0 Å². The Labute approximate surface area is 159 Å². The Morgan fingerprint density at radius 1 is 0.963 bits per heavy atom. The largest absolute Gasteiger partial charge is 0.366 e. The SMILES string of the molecule is CC(C)(C)c1ccc(NC(=O)c2ccnc(NCc3ccncc3)c2)cc1. The van der Waals surface area contributed by atoms with Crippen LogP contribution in [-0.4, -0.2) is 15.9 Å². The topological polar surface area (TPSA) is 66.9 Å². The Balaban J connectivity index is 1.64. The minimum absolute atomic E-state index is 0.0863. The van der Waals surface area contributed by atoms with E-state index in [0.29, 0.717) is 17.9 Å². The molecule has 1 aromatic carbocycles. The maximum absolute atomic E-state index is 12.5. The molecule has 0 aliphatic rings. The number of benzene rings is 1. The van der Waals surface area contributed by atoms with Gasteiger partial charge in [-0.15, -0.1) is 0 Å². The molecule has 0 atom stereocenters. The van der Waals surface area contributed by atoms with Gasteiger partial charge in [0, 0.05) is 36.4 Å². The fourth-order valence-corrected chi connectivity index (χ4v) is 2.62. The van der Waals surface area contributed by atoms with Crippen LogP contribution in [0, 0.1) is 0 Å². The molecular formula is C22H24N4O. The Hall–Kier alpha value is -3.21. The van der Waals surface area contributed by atoms with Crippen LogP contribution in [0.4, 0.5) is 11.5 Å². The zero-order valence-electron chi connectivity index (χ0n) is 15.9. The average Bonchev–Trinajstić information content (AvgIpc) is 2.67. The first-order valence-electron chi connectivity index (χ1n) is 8.92. The second-order valence-electron chi connectivity index (χ2n) is 7.42. The third-order valence-electron chi connectivity index (χ3n) is 4.25. The van der Waals surface area contributed by atoms with E-state index < -0.39 is 0 Å². The van der Waals surface area contributed by atoms with Crippen molar-refractivity contribution in [3.05, 3.63) is 83.8 Å². The van der Waals surface area contributed by atoms with E-state index in [1.165, 1.54) is 5.56 Å². The van der Waals surface area contributed by atoms with Gasteiger partial charge in [0.05, 0.1) is 0 Å². The highest BCUT2D eigenvalue weighted by atomic mass is 16.1. The van der Waals surface area contributed by atoms with Crippen LogP contribution in [0.5, 0.6) is 0 Å². The summed E-state index contributed by atoms with van der Waals surface area (Å²) < 4.78 is 0. The quantitative estimate of drug-likeness (QED) is 0.696. The molecule has 0 aliphatic carbocycles. The lowest BCUT2D eigenvalue weighted by molar-refractivity contribution is 0.102. The van der Waals surface area contributed by atoms with Crippen LogP contribution >= 0.6 is 0 Å². The number of amides is 1. The number of rotatable bonds is 5. The third kappa shape index (κ3) is 5.14. The molecule has 5 heteroatoms. The fraction of sp³-hybridized carbons (Fsp3) is 0.227. The molecule has 5 nitrogen and oxygen atoms in total. The predicted octanol–water partition coefficient (Wildman–Crippen LogP) is 4.64. The lowest BCUT2D eigenvalue weighted by atomic mass is 9.87. The summed E-state index contributed by atoms with van der Waals surface area (Å²) >= 11 is 0. The molecule has 0 unspecified atom stereocenters. The zero-order valence-corrected chi connectivity index (χ0v) is 15.9. The van der Waals surface area contributed by atoms with Crippen LogP contribution in [0.3, 0.4) is 0 Å². The van der Waals surface area contributed by atoms with Crippen LogP contribution in [-0.2, 0) is 12.0 Å². The molecule has 2 aromatic heterocycles. The summed E-state index contributed by atoms with van der Waals surface area (Å²) in [4.78, 5) is 20.8. The van der Waals surface area contributed by atoms with Crippen molar-refractivity contribution in [1.82, 2.24) is 9.97 Å². The first-order valence-corrected chi connectivity index (χ1v) is 8.92. The molecule has 3 rings (SSSR count). The number of aromatic nitrogens is 2. The van der Waals surface area contributed by atoms with Gasteiger partial charge in [-0.3, -0.25) is 9.78 Å². The highest BCUT2D eigenvalue weighted by Gasteiger charge is 2.13. The summed E-state index contributed by atoms with van der Waals surface area (Å²) in [6.07, 6.45) is 5.13. The standard InChI is InChI=1S/C22H24N4O/c1-22(2,3)18-4-6-19(7-5-18)26-21(27)17-10-13-24-20(14-17)25-15-16-8-11-23-12-9-16/h4-14H,15H2,1-3H3,(H,24,25)(H,26,27). The molecule has 27 heavy (non-hydrogen) atoms. The fourth-order valence-electron chi connectivity index (χ4n) is 2.62. The van der Waals surface area contributed by atoms with Crippen molar-refractivity contribution in [3.8, 4) is 0 Å². The summed E-state index contributed by atoms with van der Waals surface area (Å²) in [5.74, 6) is 0.496. The Kier molecular flexibility index (Phi) is 5.50. The summed E-state index contributed by atoms with van der Waals surface area (Å²) in [5.41, 5.74) is 3.74. The van der Waals surface area contributed by atoms with E-state index >= 15 is 0 Å². The van der Waals surface area contributed by atoms with Crippen molar-refractivity contribution in [2.45, 2.75) is 32.7 Å². The first kappa shape index (κ1) is 18.6. The van der Waals surface area contributed by atoms with Gasteiger partial charge in [-0.25, -0.2) is 4.98 Å². The van der Waals surface area contributed by atoms with E-state index in [1.807, 2.05) is 36.4 Å². The number of nitrogens with zero attached hydrogens (tertiary/aromatic N) is 2. The van der Waals surface area contributed by atoms with Crippen molar-refractivity contribution in [3.63, 3.8) is 0 Å². The van der Waals surface area contributed by atoms with Crippen molar-refractivity contribution in [1.29, 1.82) is 0 Å². The van der Waals surface area contributed by atoms with Crippen LogP contribution < -0.4 is 10.6 Å². The summed E-state index contributed by atoms with van der Waals surface area (Å²) in [6.45, 7) is 7.11. The van der Waals surface area contributed by atoms with Gasteiger partial charge in [0.1, 0.15) is 5.82 Å². The average molecular weight is 360 g/mol. The van der Waals surface area contributed by atoms with Crippen LogP contribution in [0.25, 0.3) is 0 Å². The molecule has 2 N–H and O–H groups in total.